The maximum atomic E-state index is 13.6. The van der Waals surface area contributed by atoms with Gasteiger partial charge in [-0.05, 0) is 70.2 Å². The lowest BCUT2D eigenvalue weighted by atomic mass is 10.1. The monoisotopic (exact) mass is 441 g/mol. The van der Waals surface area contributed by atoms with Gasteiger partial charge in [0.05, 0.1) is 19.3 Å². The van der Waals surface area contributed by atoms with E-state index in [1.165, 1.54) is 0 Å². The summed E-state index contributed by atoms with van der Waals surface area (Å²) in [5.74, 6) is 2.00. The zero-order valence-corrected chi connectivity index (χ0v) is 19.9. The smallest absolute Gasteiger partial charge is 0.259 e. The SMILES string of the molecule is COC[C@H](C)N(C)c1nccc(N(CCCCN(C)C)C(=O)c2ccc3c(c2)CCO3)n1. The van der Waals surface area contributed by atoms with Crippen molar-refractivity contribution in [2.75, 3.05) is 64.4 Å². The third kappa shape index (κ3) is 5.95. The molecule has 0 aliphatic carbocycles. The molecule has 2 aromatic rings. The van der Waals surface area contributed by atoms with Gasteiger partial charge in [0.1, 0.15) is 11.6 Å². The number of methoxy groups -OCH3 is 1. The topological polar surface area (TPSA) is 71.0 Å². The van der Waals surface area contributed by atoms with Gasteiger partial charge < -0.3 is 19.3 Å². The molecule has 1 aromatic heterocycles. The molecule has 0 saturated heterocycles. The van der Waals surface area contributed by atoms with Gasteiger partial charge in [0.15, 0.2) is 0 Å². The van der Waals surface area contributed by atoms with Crippen LogP contribution in [0.4, 0.5) is 11.8 Å². The van der Waals surface area contributed by atoms with E-state index >= 15 is 0 Å². The van der Waals surface area contributed by atoms with Crippen molar-refractivity contribution >= 4 is 17.7 Å². The van der Waals surface area contributed by atoms with Gasteiger partial charge in [0, 0.05) is 38.9 Å². The van der Waals surface area contributed by atoms with Gasteiger partial charge in [-0.3, -0.25) is 9.69 Å². The summed E-state index contributed by atoms with van der Waals surface area (Å²) in [5, 5.41) is 0. The standard InChI is InChI=1S/C24H35N5O3/c1-18(17-31-5)28(4)24-25-12-10-22(26-24)29(14-7-6-13-27(2)3)23(30)20-8-9-21-19(16-20)11-15-32-21/h8-10,12,16,18H,6-7,11,13-15,17H2,1-5H3/t18-/m0/s1. The number of rotatable bonds is 11. The summed E-state index contributed by atoms with van der Waals surface area (Å²) in [7, 11) is 7.73. The molecule has 0 N–H and O–H groups in total. The number of likely N-dealkylation sites (N-methyl/N-ethyl adjacent to an activating group) is 1. The first kappa shape index (κ1) is 23.9. The maximum Gasteiger partial charge on any atom is 0.259 e. The van der Waals surface area contributed by atoms with E-state index in [-0.39, 0.29) is 11.9 Å². The van der Waals surface area contributed by atoms with E-state index < -0.39 is 0 Å². The van der Waals surface area contributed by atoms with E-state index in [0.29, 0.717) is 37.1 Å². The number of hydrogen-bond donors (Lipinski definition) is 0. The Morgan fingerprint density at radius 2 is 1.97 bits per heavy atom. The number of ether oxygens (including phenoxy) is 2. The van der Waals surface area contributed by atoms with Crippen molar-refractivity contribution in [2.45, 2.75) is 32.2 Å². The molecule has 32 heavy (non-hydrogen) atoms. The molecule has 0 spiro atoms. The van der Waals surface area contributed by atoms with Gasteiger partial charge >= 0.3 is 0 Å². The molecule has 8 nitrogen and oxygen atoms in total. The highest BCUT2D eigenvalue weighted by atomic mass is 16.5. The third-order valence-electron chi connectivity index (χ3n) is 5.71. The number of fused-ring (bicyclic) bond motifs is 1. The quantitative estimate of drug-likeness (QED) is 0.497. The van der Waals surface area contributed by atoms with Crippen LogP contribution >= 0.6 is 0 Å². The lowest BCUT2D eigenvalue weighted by molar-refractivity contribution is 0.0985. The summed E-state index contributed by atoms with van der Waals surface area (Å²) in [6.45, 7) is 4.85. The molecule has 174 valence electrons. The predicted molar refractivity (Wildman–Crippen MR) is 127 cm³/mol. The van der Waals surface area contributed by atoms with Crippen molar-refractivity contribution in [1.82, 2.24) is 14.9 Å². The number of hydrogen-bond acceptors (Lipinski definition) is 7. The van der Waals surface area contributed by atoms with Crippen molar-refractivity contribution in [3.8, 4) is 5.75 Å². The minimum absolute atomic E-state index is 0.0539. The Kier molecular flexibility index (Phi) is 8.41. The van der Waals surface area contributed by atoms with Crippen LogP contribution in [0.1, 0.15) is 35.7 Å². The fraction of sp³-hybridized carbons (Fsp3) is 0.542. The van der Waals surface area contributed by atoms with E-state index in [9.17, 15) is 4.79 Å². The molecule has 1 atom stereocenters. The minimum Gasteiger partial charge on any atom is -0.493 e. The van der Waals surface area contributed by atoms with Crippen molar-refractivity contribution in [1.29, 1.82) is 0 Å². The van der Waals surface area contributed by atoms with Crippen molar-refractivity contribution < 1.29 is 14.3 Å². The largest absolute Gasteiger partial charge is 0.493 e. The number of carbonyl (C=O) groups excluding carboxylic acids is 1. The molecule has 0 radical (unpaired) electrons. The lowest BCUT2D eigenvalue weighted by Crippen LogP contribution is -2.36. The van der Waals surface area contributed by atoms with Crippen LogP contribution in [0.25, 0.3) is 0 Å². The Balaban J connectivity index is 1.85. The Morgan fingerprint density at radius 3 is 2.72 bits per heavy atom. The number of aromatic nitrogens is 2. The number of nitrogens with zero attached hydrogens (tertiary/aromatic N) is 5. The fourth-order valence-electron chi connectivity index (χ4n) is 3.70. The number of amides is 1. The molecule has 0 bridgehead atoms. The summed E-state index contributed by atoms with van der Waals surface area (Å²) >= 11 is 0. The van der Waals surface area contributed by atoms with E-state index in [4.69, 9.17) is 14.5 Å². The van der Waals surface area contributed by atoms with Crippen LogP contribution in [-0.2, 0) is 11.2 Å². The molecule has 1 aliphatic heterocycles. The van der Waals surface area contributed by atoms with Gasteiger partial charge in [-0.25, -0.2) is 4.98 Å². The molecule has 1 aliphatic rings. The molecule has 1 amide bonds. The number of anilines is 2. The van der Waals surface area contributed by atoms with E-state index in [1.807, 2.05) is 30.1 Å². The second kappa shape index (κ2) is 11.2. The number of benzene rings is 1. The minimum atomic E-state index is -0.0539. The van der Waals surface area contributed by atoms with Crippen molar-refractivity contribution in [3.63, 3.8) is 0 Å². The first-order valence-electron chi connectivity index (χ1n) is 11.2. The molecule has 8 heteroatoms. The zero-order valence-electron chi connectivity index (χ0n) is 19.9. The molecule has 2 heterocycles. The van der Waals surface area contributed by atoms with Crippen LogP contribution in [0.5, 0.6) is 5.75 Å². The van der Waals surface area contributed by atoms with E-state index in [1.54, 1.807) is 24.3 Å². The van der Waals surface area contributed by atoms with Gasteiger partial charge in [-0.15, -0.1) is 0 Å². The Hall–Kier alpha value is -2.71. The molecule has 3 rings (SSSR count). The van der Waals surface area contributed by atoms with Gasteiger partial charge in [0.25, 0.3) is 5.91 Å². The Labute approximate surface area is 191 Å². The molecular formula is C24H35N5O3. The molecule has 0 saturated carbocycles. The molecule has 1 aromatic carbocycles. The zero-order chi connectivity index (χ0) is 23.1. The van der Waals surface area contributed by atoms with Crippen LogP contribution < -0.4 is 14.5 Å². The summed E-state index contributed by atoms with van der Waals surface area (Å²) < 4.78 is 10.9. The predicted octanol–water partition coefficient (Wildman–Crippen LogP) is 2.87. The van der Waals surface area contributed by atoms with Crippen LogP contribution in [0.15, 0.2) is 30.5 Å². The Morgan fingerprint density at radius 1 is 1.19 bits per heavy atom. The number of unbranched alkanes of at least 4 members (excludes halogenated alkanes) is 1. The van der Waals surface area contributed by atoms with Crippen LogP contribution in [0, 0.1) is 0 Å². The fourth-order valence-corrected chi connectivity index (χ4v) is 3.70. The van der Waals surface area contributed by atoms with Crippen molar-refractivity contribution in [3.05, 3.63) is 41.6 Å². The highest BCUT2D eigenvalue weighted by molar-refractivity contribution is 6.05. The normalized spacial score (nSPS) is 13.6. The van der Waals surface area contributed by atoms with Gasteiger partial charge in [-0.2, -0.15) is 4.98 Å². The van der Waals surface area contributed by atoms with Gasteiger partial charge in [0.2, 0.25) is 5.95 Å². The second-order valence-corrected chi connectivity index (χ2v) is 8.52. The van der Waals surface area contributed by atoms with E-state index in [0.717, 1.165) is 37.1 Å². The highest BCUT2D eigenvalue weighted by Gasteiger charge is 2.23. The second-order valence-electron chi connectivity index (χ2n) is 8.52. The summed E-state index contributed by atoms with van der Waals surface area (Å²) in [5.41, 5.74) is 1.74. The maximum absolute atomic E-state index is 13.6. The number of carbonyl (C=O) groups is 1. The average Bonchev–Trinajstić information content (AvgIpc) is 3.26. The van der Waals surface area contributed by atoms with E-state index in [2.05, 4.69) is 30.9 Å². The first-order chi connectivity index (χ1) is 15.4. The van der Waals surface area contributed by atoms with Crippen LogP contribution in [0.2, 0.25) is 0 Å². The van der Waals surface area contributed by atoms with Crippen molar-refractivity contribution in [2.24, 2.45) is 0 Å². The molecule has 0 fully saturated rings. The third-order valence-corrected chi connectivity index (χ3v) is 5.71. The first-order valence-corrected chi connectivity index (χ1v) is 11.2. The average molecular weight is 442 g/mol. The summed E-state index contributed by atoms with van der Waals surface area (Å²) in [6.07, 6.45) is 4.42. The Bertz CT molecular complexity index is 905. The highest BCUT2D eigenvalue weighted by Crippen LogP contribution is 2.27. The summed E-state index contributed by atoms with van der Waals surface area (Å²) in [6, 6.07) is 7.60. The van der Waals surface area contributed by atoms with Gasteiger partial charge in [-0.1, -0.05) is 0 Å². The van der Waals surface area contributed by atoms with Crippen LogP contribution in [-0.4, -0.2) is 81.4 Å². The summed E-state index contributed by atoms with van der Waals surface area (Å²) in [4.78, 5) is 28.6. The molecule has 0 unspecified atom stereocenters. The molecular weight excluding hydrogens is 406 g/mol. The lowest BCUT2D eigenvalue weighted by Gasteiger charge is -2.27. The van der Waals surface area contributed by atoms with Crippen LogP contribution in [0.3, 0.4) is 0 Å².